The van der Waals surface area contributed by atoms with Gasteiger partial charge >= 0.3 is 6.18 Å². The van der Waals surface area contributed by atoms with Gasteiger partial charge in [0.05, 0.1) is 23.3 Å². The third-order valence-electron chi connectivity index (χ3n) is 5.15. The molecule has 4 rings (SSSR count). The Morgan fingerprint density at radius 1 is 1.06 bits per heavy atom. The maximum Gasteiger partial charge on any atom is 0.418 e. The maximum absolute atomic E-state index is 13.7. The molecule has 0 aliphatic heterocycles. The van der Waals surface area contributed by atoms with Crippen LogP contribution in [0.4, 0.5) is 29.7 Å². The monoisotopic (exact) mass is 457 g/mol. The van der Waals surface area contributed by atoms with E-state index in [0.717, 1.165) is 11.3 Å². The summed E-state index contributed by atoms with van der Waals surface area (Å²) in [6.45, 7) is 5.11. The fourth-order valence-electron chi connectivity index (χ4n) is 3.46. The van der Waals surface area contributed by atoms with Gasteiger partial charge in [0.2, 0.25) is 0 Å². The van der Waals surface area contributed by atoms with Crippen LogP contribution in [0, 0.1) is 0 Å². The Bertz CT molecular complexity index is 1160. The molecular weight excluding hydrogens is 435 g/mol. The lowest BCUT2D eigenvalue weighted by Crippen LogP contribution is -2.22. The number of benzene rings is 2. The van der Waals surface area contributed by atoms with Gasteiger partial charge in [-0.1, -0.05) is 12.1 Å². The number of imidazole rings is 1. The molecule has 166 valence electrons. The second kappa shape index (κ2) is 9.04. The quantitative estimate of drug-likeness (QED) is 0.339. The van der Waals surface area contributed by atoms with E-state index in [1.54, 1.807) is 18.6 Å². The largest absolute Gasteiger partial charge is 0.418 e. The number of hydrogen-bond donors (Lipinski definition) is 1. The van der Waals surface area contributed by atoms with E-state index >= 15 is 0 Å². The molecule has 1 N–H and O–H groups in total. The first kappa shape index (κ1) is 21.9. The molecule has 0 atom stereocenters. The van der Waals surface area contributed by atoms with Crippen molar-refractivity contribution in [3.63, 3.8) is 0 Å². The van der Waals surface area contributed by atoms with Crippen molar-refractivity contribution >= 4 is 27.8 Å². The van der Waals surface area contributed by atoms with Gasteiger partial charge in [0.25, 0.3) is 0 Å². The summed E-state index contributed by atoms with van der Waals surface area (Å²) in [6, 6.07) is 12.1. The number of alkyl halides is 3. The van der Waals surface area contributed by atoms with Crippen LogP contribution in [0.5, 0.6) is 0 Å². The third-order valence-corrected chi connectivity index (χ3v) is 5.91. The van der Waals surface area contributed by atoms with Gasteiger partial charge in [0, 0.05) is 47.8 Å². The Labute approximate surface area is 188 Å². The van der Waals surface area contributed by atoms with Gasteiger partial charge in [-0.2, -0.15) is 13.2 Å². The van der Waals surface area contributed by atoms with Crippen LogP contribution >= 0.6 is 11.3 Å². The van der Waals surface area contributed by atoms with Crippen molar-refractivity contribution in [2.75, 3.05) is 23.3 Å². The van der Waals surface area contributed by atoms with Crippen molar-refractivity contribution in [1.82, 2.24) is 14.5 Å². The Hall–Kier alpha value is -3.33. The zero-order chi connectivity index (χ0) is 22.7. The molecule has 0 aliphatic carbocycles. The number of anilines is 3. The van der Waals surface area contributed by atoms with Gasteiger partial charge in [-0.05, 0) is 44.2 Å². The third kappa shape index (κ3) is 4.62. The standard InChI is InChI=1S/C23H22F3N5S/c1-3-30(4-2)18-9-10-20(19(13-18)23(24,25)26)28-22-29-21(14-32-22)16-5-7-17(8-6-16)31-12-11-27-15-31/h5-15H,3-4H2,1-2H3,(H,28,29). The van der Waals surface area contributed by atoms with Crippen LogP contribution < -0.4 is 10.2 Å². The molecule has 0 saturated carbocycles. The van der Waals surface area contributed by atoms with Crippen LogP contribution in [-0.4, -0.2) is 27.6 Å². The minimum atomic E-state index is -4.48. The molecular formula is C23H22F3N5S. The topological polar surface area (TPSA) is 46.0 Å². The summed E-state index contributed by atoms with van der Waals surface area (Å²) in [5, 5.41) is 5.09. The van der Waals surface area contributed by atoms with E-state index in [1.807, 2.05) is 59.2 Å². The molecule has 0 unspecified atom stereocenters. The lowest BCUT2D eigenvalue weighted by molar-refractivity contribution is -0.136. The smallest absolute Gasteiger partial charge is 0.372 e. The first-order chi connectivity index (χ1) is 15.4. The highest BCUT2D eigenvalue weighted by atomic mass is 32.1. The minimum Gasteiger partial charge on any atom is -0.372 e. The van der Waals surface area contributed by atoms with Crippen LogP contribution in [0.25, 0.3) is 16.9 Å². The normalized spacial score (nSPS) is 11.5. The van der Waals surface area contributed by atoms with Crippen LogP contribution in [0.1, 0.15) is 19.4 Å². The summed E-state index contributed by atoms with van der Waals surface area (Å²) in [4.78, 5) is 10.4. The first-order valence-electron chi connectivity index (χ1n) is 10.2. The molecule has 2 aromatic heterocycles. The predicted octanol–water partition coefficient (Wildman–Crippen LogP) is 6.60. The fraction of sp³-hybridized carbons (Fsp3) is 0.217. The molecule has 9 heteroatoms. The van der Waals surface area contributed by atoms with Crippen LogP contribution in [-0.2, 0) is 6.18 Å². The molecule has 32 heavy (non-hydrogen) atoms. The summed E-state index contributed by atoms with van der Waals surface area (Å²) < 4.78 is 43.1. The summed E-state index contributed by atoms with van der Waals surface area (Å²) in [6.07, 6.45) is 0.790. The van der Waals surface area contributed by atoms with Crippen LogP contribution in [0.15, 0.2) is 66.6 Å². The highest BCUT2D eigenvalue weighted by molar-refractivity contribution is 7.14. The lowest BCUT2D eigenvalue weighted by Gasteiger charge is -2.23. The average molecular weight is 458 g/mol. The number of nitrogens with one attached hydrogen (secondary N) is 1. The Morgan fingerprint density at radius 2 is 1.81 bits per heavy atom. The van der Waals surface area contributed by atoms with E-state index < -0.39 is 11.7 Å². The second-order valence-electron chi connectivity index (χ2n) is 7.08. The average Bonchev–Trinajstić information content (AvgIpc) is 3.47. The molecule has 2 aromatic carbocycles. The molecule has 0 amide bonds. The molecule has 0 fully saturated rings. The van der Waals surface area contributed by atoms with Crippen molar-refractivity contribution in [1.29, 1.82) is 0 Å². The molecule has 0 saturated heterocycles. The van der Waals surface area contributed by atoms with E-state index in [4.69, 9.17) is 0 Å². The molecule has 4 aromatic rings. The molecule has 0 bridgehead atoms. The highest BCUT2D eigenvalue weighted by Gasteiger charge is 2.34. The van der Waals surface area contributed by atoms with E-state index in [1.165, 1.54) is 23.5 Å². The van der Waals surface area contributed by atoms with E-state index in [0.29, 0.717) is 29.6 Å². The van der Waals surface area contributed by atoms with Crippen molar-refractivity contribution in [3.8, 4) is 16.9 Å². The zero-order valence-corrected chi connectivity index (χ0v) is 18.4. The van der Waals surface area contributed by atoms with Crippen molar-refractivity contribution in [2.24, 2.45) is 0 Å². The Balaban J connectivity index is 1.58. The molecule has 2 heterocycles. The minimum absolute atomic E-state index is 0.00948. The number of rotatable bonds is 7. The Kier molecular flexibility index (Phi) is 6.18. The highest BCUT2D eigenvalue weighted by Crippen LogP contribution is 2.39. The van der Waals surface area contributed by atoms with E-state index in [9.17, 15) is 13.2 Å². The lowest BCUT2D eigenvalue weighted by atomic mass is 10.1. The van der Waals surface area contributed by atoms with Gasteiger partial charge in [-0.3, -0.25) is 0 Å². The molecule has 0 spiro atoms. The molecule has 5 nitrogen and oxygen atoms in total. The summed E-state index contributed by atoms with van der Waals surface area (Å²) in [7, 11) is 0. The van der Waals surface area contributed by atoms with E-state index in [-0.39, 0.29) is 5.69 Å². The molecule has 0 aliphatic rings. The first-order valence-corrected chi connectivity index (χ1v) is 11.0. The van der Waals surface area contributed by atoms with Crippen LogP contribution in [0.3, 0.4) is 0 Å². The van der Waals surface area contributed by atoms with Gasteiger partial charge in [0.15, 0.2) is 5.13 Å². The fourth-order valence-corrected chi connectivity index (χ4v) is 4.19. The maximum atomic E-state index is 13.7. The van der Waals surface area contributed by atoms with Gasteiger partial charge < -0.3 is 14.8 Å². The van der Waals surface area contributed by atoms with Gasteiger partial charge in [-0.15, -0.1) is 11.3 Å². The summed E-state index contributed by atoms with van der Waals surface area (Å²) in [5.41, 5.74) is 2.37. The number of hydrogen-bond acceptors (Lipinski definition) is 5. The zero-order valence-electron chi connectivity index (χ0n) is 17.6. The summed E-state index contributed by atoms with van der Waals surface area (Å²) in [5.74, 6) is 0. The second-order valence-corrected chi connectivity index (χ2v) is 7.94. The Morgan fingerprint density at radius 3 is 2.44 bits per heavy atom. The number of aromatic nitrogens is 3. The number of nitrogens with zero attached hydrogens (tertiary/aromatic N) is 4. The summed E-state index contributed by atoms with van der Waals surface area (Å²) >= 11 is 1.26. The van der Waals surface area contributed by atoms with Crippen LogP contribution in [0.2, 0.25) is 0 Å². The van der Waals surface area contributed by atoms with Crippen molar-refractivity contribution in [3.05, 3.63) is 72.1 Å². The van der Waals surface area contributed by atoms with Gasteiger partial charge in [0.1, 0.15) is 0 Å². The van der Waals surface area contributed by atoms with Gasteiger partial charge in [-0.25, -0.2) is 9.97 Å². The van der Waals surface area contributed by atoms with Crippen molar-refractivity contribution < 1.29 is 13.2 Å². The number of thiazole rings is 1. The van der Waals surface area contributed by atoms with E-state index in [2.05, 4.69) is 15.3 Å². The molecule has 0 radical (unpaired) electrons. The van der Waals surface area contributed by atoms with Crippen molar-refractivity contribution in [2.45, 2.75) is 20.0 Å². The number of halogens is 3. The predicted molar refractivity (Wildman–Crippen MR) is 123 cm³/mol. The SMILES string of the molecule is CCN(CC)c1ccc(Nc2nc(-c3ccc(-n4ccnc4)cc3)cs2)c(C(F)(F)F)c1.